The molecule has 1 N–H and O–H groups in total. The summed E-state index contributed by atoms with van der Waals surface area (Å²) in [4.78, 5) is 14.3. The smallest absolute Gasteiger partial charge is 0.237 e. The van der Waals surface area contributed by atoms with E-state index in [0.29, 0.717) is 6.54 Å². The first kappa shape index (κ1) is 14.1. The zero-order valence-electron chi connectivity index (χ0n) is 12.2. The van der Waals surface area contributed by atoms with Gasteiger partial charge in [0.05, 0.1) is 12.6 Å². The first-order valence-electron chi connectivity index (χ1n) is 7.15. The molecule has 1 saturated heterocycles. The summed E-state index contributed by atoms with van der Waals surface area (Å²) in [5.41, 5.74) is 3.96. The van der Waals surface area contributed by atoms with E-state index in [1.54, 1.807) is 0 Å². The molecule has 0 aromatic heterocycles. The van der Waals surface area contributed by atoms with Crippen LogP contribution in [0.5, 0.6) is 0 Å². The number of aryl methyl sites for hydroxylation is 1. The standard InChI is InChI=1S/C16H24N2O/c1-12-7-6-8-14(13(12)2)15-9-4-5-10-18(15)16(19)11-17-3/h6-8,15,17H,4-5,9-11H2,1-3H3. The summed E-state index contributed by atoms with van der Waals surface area (Å²) < 4.78 is 0. The van der Waals surface area contributed by atoms with Gasteiger partial charge in [0, 0.05) is 6.54 Å². The van der Waals surface area contributed by atoms with Crippen LogP contribution in [-0.2, 0) is 4.79 Å². The molecular formula is C16H24N2O. The lowest BCUT2D eigenvalue weighted by molar-refractivity contribution is -0.134. The summed E-state index contributed by atoms with van der Waals surface area (Å²) in [7, 11) is 1.83. The van der Waals surface area contributed by atoms with Crippen LogP contribution in [-0.4, -0.2) is 30.9 Å². The number of likely N-dealkylation sites (tertiary alicyclic amines) is 1. The van der Waals surface area contributed by atoms with Crippen molar-refractivity contribution in [1.29, 1.82) is 0 Å². The zero-order chi connectivity index (χ0) is 13.8. The van der Waals surface area contributed by atoms with Crippen molar-refractivity contribution in [2.24, 2.45) is 0 Å². The van der Waals surface area contributed by atoms with Crippen molar-refractivity contribution >= 4 is 5.91 Å². The fourth-order valence-electron chi connectivity index (χ4n) is 2.94. The van der Waals surface area contributed by atoms with Crippen LogP contribution in [0.1, 0.15) is 42.0 Å². The van der Waals surface area contributed by atoms with Crippen LogP contribution in [0.15, 0.2) is 18.2 Å². The number of hydrogen-bond acceptors (Lipinski definition) is 2. The minimum absolute atomic E-state index is 0.216. The van der Waals surface area contributed by atoms with E-state index in [9.17, 15) is 4.79 Å². The van der Waals surface area contributed by atoms with Crippen molar-refractivity contribution < 1.29 is 4.79 Å². The molecule has 0 aliphatic carbocycles. The maximum atomic E-state index is 12.2. The highest BCUT2D eigenvalue weighted by Crippen LogP contribution is 2.33. The number of benzene rings is 1. The third-order valence-corrected chi connectivity index (χ3v) is 4.16. The molecule has 19 heavy (non-hydrogen) atoms. The molecule has 1 amide bonds. The highest BCUT2D eigenvalue weighted by Gasteiger charge is 2.28. The molecule has 2 rings (SSSR count). The first-order chi connectivity index (χ1) is 9.15. The molecule has 1 fully saturated rings. The number of piperidine rings is 1. The minimum Gasteiger partial charge on any atom is -0.335 e. The average Bonchev–Trinajstić information content (AvgIpc) is 2.42. The van der Waals surface area contributed by atoms with Gasteiger partial charge in [-0.05, 0) is 56.8 Å². The van der Waals surface area contributed by atoms with Gasteiger partial charge in [-0.1, -0.05) is 18.2 Å². The second-order valence-electron chi connectivity index (χ2n) is 5.42. The lowest BCUT2D eigenvalue weighted by Gasteiger charge is -2.37. The van der Waals surface area contributed by atoms with E-state index in [2.05, 4.69) is 42.3 Å². The molecule has 1 aliphatic rings. The van der Waals surface area contributed by atoms with Gasteiger partial charge in [0.1, 0.15) is 0 Å². The second-order valence-corrected chi connectivity index (χ2v) is 5.42. The van der Waals surface area contributed by atoms with Gasteiger partial charge in [0.2, 0.25) is 5.91 Å². The lowest BCUT2D eigenvalue weighted by atomic mass is 9.90. The van der Waals surface area contributed by atoms with Crippen LogP contribution >= 0.6 is 0 Å². The van der Waals surface area contributed by atoms with Gasteiger partial charge in [-0.25, -0.2) is 0 Å². The predicted molar refractivity (Wildman–Crippen MR) is 78.1 cm³/mol. The maximum absolute atomic E-state index is 12.2. The van der Waals surface area contributed by atoms with Gasteiger partial charge in [0.25, 0.3) is 0 Å². The summed E-state index contributed by atoms with van der Waals surface area (Å²) in [6, 6.07) is 6.68. The van der Waals surface area contributed by atoms with Gasteiger partial charge >= 0.3 is 0 Å². The van der Waals surface area contributed by atoms with Crippen LogP contribution in [0.25, 0.3) is 0 Å². The molecule has 0 saturated carbocycles. The summed E-state index contributed by atoms with van der Waals surface area (Å²) in [5, 5.41) is 2.97. The largest absolute Gasteiger partial charge is 0.335 e. The van der Waals surface area contributed by atoms with Crippen LogP contribution in [0, 0.1) is 13.8 Å². The number of likely N-dealkylation sites (N-methyl/N-ethyl adjacent to an activating group) is 1. The van der Waals surface area contributed by atoms with Crippen molar-refractivity contribution in [2.45, 2.75) is 39.2 Å². The Hall–Kier alpha value is -1.35. The first-order valence-corrected chi connectivity index (χ1v) is 7.15. The van der Waals surface area contributed by atoms with Gasteiger partial charge < -0.3 is 10.2 Å². The van der Waals surface area contributed by atoms with Crippen LogP contribution < -0.4 is 5.32 Å². The second kappa shape index (κ2) is 6.20. The number of carbonyl (C=O) groups excluding carboxylic acids is 1. The van der Waals surface area contributed by atoms with Crippen LogP contribution in [0.2, 0.25) is 0 Å². The summed E-state index contributed by atoms with van der Waals surface area (Å²) in [5.74, 6) is 0.216. The fraction of sp³-hybridized carbons (Fsp3) is 0.562. The third-order valence-electron chi connectivity index (χ3n) is 4.16. The Kier molecular flexibility index (Phi) is 4.59. The molecule has 1 unspecified atom stereocenters. The predicted octanol–water partition coefficient (Wildman–Crippen LogP) is 2.58. The molecule has 104 valence electrons. The summed E-state index contributed by atoms with van der Waals surface area (Å²) in [6.45, 7) is 5.63. The summed E-state index contributed by atoms with van der Waals surface area (Å²) in [6.07, 6.45) is 3.41. The van der Waals surface area contributed by atoms with E-state index >= 15 is 0 Å². The van der Waals surface area contributed by atoms with E-state index < -0.39 is 0 Å². The molecule has 1 aromatic rings. The topological polar surface area (TPSA) is 32.3 Å². The molecule has 1 aromatic carbocycles. The van der Waals surface area contributed by atoms with E-state index in [1.165, 1.54) is 23.1 Å². The number of carbonyl (C=O) groups is 1. The Morgan fingerprint density at radius 1 is 1.37 bits per heavy atom. The Labute approximate surface area is 116 Å². The molecule has 3 heteroatoms. The van der Waals surface area contributed by atoms with Crippen LogP contribution in [0.3, 0.4) is 0 Å². The van der Waals surface area contributed by atoms with Crippen molar-refractivity contribution in [1.82, 2.24) is 10.2 Å². The molecule has 3 nitrogen and oxygen atoms in total. The SMILES string of the molecule is CNCC(=O)N1CCCCC1c1cccc(C)c1C. The van der Waals surface area contributed by atoms with Gasteiger partial charge in [-0.3, -0.25) is 4.79 Å². The monoisotopic (exact) mass is 260 g/mol. The van der Waals surface area contributed by atoms with Crippen molar-refractivity contribution in [2.75, 3.05) is 20.1 Å². The number of hydrogen-bond donors (Lipinski definition) is 1. The summed E-state index contributed by atoms with van der Waals surface area (Å²) >= 11 is 0. The normalized spacial score (nSPS) is 19.5. The number of nitrogens with zero attached hydrogens (tertiary/aromatic N) is 1. The van der Waals surface area contributed by atoms with E-state index in [0.717, 1.165) is 19.4 Å². The average molecular weight is 260 g/mol. The van der Waals surface area contributed by atoms with Gasteiger partial charge in [-0.15, -0.1) is 0 Å². The number of amides is 1. The Balaban J connectivity index is 2.29. The van der Waals surface area contributed by atoms with Gasteiger partial charge in [0.15, 0.2) is 0 Å². The lowest BCUT2D eigenvalue weighted by Crippen LogP contribution is -2.42. The highest BCUT2D eigenvalue weighted by molar-refractivity contribution is 5.79. The van der Waals surface area contributed by atoms with Crippen molar-refractivity contribution in [3.05, 3.63) is 34.9 Å². The van der Waals surface area contributed by atoms with E-state index in [4.69, 9.17) is 0 Å². The Morgan fingerprint density at radius 2 is 2.16 bits per heavy atom. The molecule has 1 heterocycles. The van der Waals surface area contributed by atoms with Gasteiger partial charge in [-0.2, -0.15) is 0 Å². The zero-order valence-corrected chi connectivity index (χ0v) is 12.2. The molecule has 1 atom stereocenters. The molecule has 0 spiro atoms. The van der Waals surface area contributed by atoms with E-state index in [-0.39, 0.29) is 11.9 Å². The highest BCUT2D eigenvalue weighted by atomic mass is 16.2. The number of rotatable bonds is 3. The van der Waals surface area contributed by atoms with E-state index in [1.807, 2.05) is 7.05 Å². The van der Waals surface area contributed by atoms with Crippen molar-refractivity contribution in [3.63, 3.8) is 0 Å². The van der Waals surface area contributed by atoms with Crippen molar-refractivity contribution in [3.8, 4) is 0 Å². The third kappa shape index (κ3) is 2.98. The minimum atomic E-state index is 0.216. The molecular weight excluding hydrogens is 236 g/mol. The number of nitrogens with one attached hydrogen (secondary N) is 1. The Morgan fingerprint density at radius 3 is 2.89 bits per heavy atom. The molecule has 0 bridgehead atoms. The van der Waals surface area contributed by atoms with Crippen LogP contribution in [0.4, 0.5) is 0 Å². The quantitative estimate of drug-likeness (QED) is 0.906. The molecule has 0 radical (unpaired) electrons. The maximum Gasteiger partial charge on any atom is 0.237 e. The Bertz CT molecular complexity index is 456. The fourth-order valence-corrected chi connectivity index (χ4v) is 2.94. The molecule has 1 aliphatic heterocycles.